The van der Waals surface area contributed by atoms with Crippen LogP contribution in [0.2, 0.25) is 0 Å². The van der Waals surface area contributed by atoms with Crippen LogP contribution in [0.3, 0.4) is 0 Å². The lowest BCUT2D eigenvalue weighted by atomic mass is 10.2. The third kappa shape index (κ3) is 2.57. The second-order valence-electron chi connectivity index (χ2n) is 2.51. The number of alkyl halides is 2. The minimum atomic E-state index is -2.80. The molecule has 0 heterocycles. The Bertz CT molecular complexity index is 287. The molecule has 4 heteroatoms. The molecule has 0 aliphatic carbocycles. The van der Waals surface area contributed by atoms with Crippen LogP contribution in [-0.2, 0) is 0 Å². The molecule has 2 nitrogen and oxygen atoms in total. The summed E-state index contributed by atoms with van der Waals surface area (Å²) in [5.74, 6) is 0.649. The van der Waals surface area contributed by atoms with Crippen LogP contribution >= 0.6 is 0 Å². The van der Waals surface area contributed by atoms with Gasteiger partial charge in [-0.3, -0.25) is 0 Å². The molecule has 0 N–H and O–H groups in total. The number of methoxy groups -OCH3 is 1. The van der Waals surface area contributed by atoms with Gasteiger partial charge in [0.05, 0.1) is 7.11 Å². The van der Waals surface area contributed by atoms with E-state index in [0.29, 0.717) is 5.75 Å². The number of hydrogen-bond acceptors (Lipinski definition) is 2. The number of hydrogen-bond donors (Lipinski definition) is 0. The van der Waals surface area contributed by atoms with Crippen molar-refractivity contribution in [3.8, 4) is 11.5 Å². The number of rotatable bonds is 3. The van der Waals surface area contributed by atoms with Gasteiger partial charge in [0.2, 0.25) is 0 Å². The SMILES string of the molecule is COc1cc(OC(F)F)ccc1C. The van der Waals surface area contributed by atoms with Crippen LogP contribution in [0.1, 0.15) is 5.56 Å². The van der Waals surface area contributed by atoms with Crippen molar-refractivity contribution in [3.63, 3.8) is 0 Å². The lowest BCUT2D eigenvalue weighted by Gasteiger charge is -2.08. The van der Waals surface area contributed by atoms with E-state index in [1.807, 2.05) is 6.92 Å². The zero-order valence-corrected chi connectivity index (χ0v) is 7.38. The minimum Gasteiger partial charge on any atom is -0.496 e. The van der Waals surface area contributed by atoms with Crippen molar-refractivity contribution in [1.82, 2.24) is 0 Å². The third-order valence-electron chi connectivity index (χ3n) is 1.60. The fraction of sp³-hybridized carbons (Fsp3) is 0.333. The Balaban J connectivity index is 2.86. The molecule has 0 saturated heterocycles. The molecule has 1 aromatic rings. The van der Waals surface area contributed by atoms with Crippen molar-refractivity contribution in [3.05, 3.63) is 23.8 Å². The molecule has 0 aliphatic rings. The number of ether oxygens (including phenoxy) is 2. The zero-order valence-electron chi connectivity index (χ0n) is 7.38. The van der Waals surface area contributed by atoms with Crippen molar-refractivity contribution >= 4 is 0 Å². The second-order valence-corrected chi connectivity index (χ2v) is 2.51. The molecule has 13 heavy (non-hydrogen) atoms. The van der Waals surface area contributed by atoms with E-state index < -0.39 is 6.61 Å². The molecule has 0 saturated carbocycles. The van der Waals surface area contributed by atoms with Crippen molar-refractivity contribution in [2.45, 2.75) is 13.5 Å². The largest absolute Gasteiger partial charge is 0.496 e. The average molecular weight is 188 g/mol. The Kier molecular flexibility index (Phi) is 3.06. The van der Waals surface area contributed by atoms with Gasteiger partial charge in [0, 0.05) is 6.07 Å². The van der Waals surface area contributed by atoms with Crippen molar-refractivity contribution in [2.75, 3.05) is 7.11 Å². The van der Waals surface area contributed by atoms with Gasteiger partial charge in [0.15, 0.2) is 0 Å². The lowest BCUT2D eigenvalue weighted by Crippen LogP contribution is -2.02. The average Bonchev–Trinajstić information content (AvgIpc) is 2.07. The minimum absolute atomic E-state index is 0.109. The summed E-state index contributed by atoms with van der Waals surface area (Å²) >= 11 is 0. The Hall–Kier alpha value is -1.32. The molecule has 0 bridgehead atoms. The summed E-state index contributed by atoms with van der Waals surface area (Å²) in [7, 11) is 1.48. The number of benzene rings is 1. The predicted molar refractivity (Wildman–Crippen MR) is 44.4 cm³/mol. The fourth-order valence-corrected chi connectivity index (χ4v) is 0.977. The van der Waals surface area contributed by atoms with Crippen LogP contribution in [0.5, 0.6) is 11.5 Å². The Morgan fingerprint density at radius 2 is 2.00 bits per heavy atom. The van der Waals surface area contributed by atoms with Gasteiger partial charge in [-0.25, -0.2) is 0 Å². The molecule has 72 valence electrons. The van der Waals surface area contributed by atoms with Crippen LogP contribution < -0.4 is 9.47 Å². The van der Waals surface area contributed by atoms with Crippen LogP contribution in [0.4, 0.5) is 8.78 Å². The van der Waals surface area contributed by atoms with Gasteiger partial charge < -0.3 is 9.47 Å². The van der Waals surface area contributed by atoms with Crippen LogP contribution in [-0.4, -0.2) is 13.7 Å². The molecule has 1 aromatic carbocycles. The fourth-order valence-electron chi connectivity index (χ4n) is 0.977. The lowest BCUT2D eigenvalue weighted by molar-refractivity contribution is -0.0499. The van der Waals surface area contributed by atoms with E-state index in [1.54, 1.807) is 6.07 Å². The van der Waals surface area contributed by atoms with E-state index in [2.05, 4.69) is 4.74 Å². The van der Waals surface area contributed by atoms with Crippen molar-refractivity contribution in [2.24, 2.45) is 0 Å². The quantitative estimate of drug-likeness (QED) is 0.725. The second kappa shape index (κ2) is 4.07. The van der Waals surface area contributed by atoms with Gasteiger partial charge in [-0.2, -0.15) is 8.78 Å². The molecule has 0 amide bonds. The van der Waals surface area contributed by atoms with Crippen LogP contribution in [0.15, 0.2) is 18.2 Å². The number of halogens is 2. The maximum atomic E-state index is 11.8. The smallest absolute Gasteiger partial charge is 0.387 e. The normalized spacial score (nSPS) is 10.2. The highest BCUT2D eigenvalue weighted by molar-refractivity contribution is 5.39. The van der Waals surface area contributed by atoms with E-state index in [0.717, 1.165) is 5.56 Å². The van der Waals surface area contributed by atoms with E-state index >= 15 is 0 Å². The maximum absolute atomic E-state index is 11.8. The Morgan fingerprint density at radius 1 is 1.31 bits per heavy atom. The zero-order chi connectivity index (χ0) is 9.84. The highest BCUT2D eigenvalue weighted by atomic mass is 19.3. The van der Waals surface area contributed by atoms with Crippen molar-refractivity contribution in [1.29, 1.82) is 0 Å². The monoisotopic (exact) mass is 188 g/mol. The highest BCUT2D eigenvalue weighted by Crippen LogP contribution is 2.24. The Labute approximate surface area is 75.1 Å². The first-order valence-electron chi connectivity index (χ1n) is 3.73. The van der Waals surface area contributed by atoms with Gasteiger partial charge in [-0.05, 0) is 18.6 Å². The summed E-state index contributed by atoms with van der Waals surface area (Å²) in [6.07, 6.45) is 0. The van der Waals surface area contributed by atoms with Gasteiger partial charge in [-0.1, -0.05) is 6.07 Å². The molecule has 0 atom stereocenters. The first kappa shape index (κ1) is 9.77. The molecule has 0 aromatic heterocycles. The van der Waals surface area contributed by atoms with E-state index in [4.69, 9.17) is 4.74 Å². The summed E-state index contributed by atoms with van der Waals surface area (Å²) in [6, 6.07) is 4.57. The topological polar surface area (TPSA) is 18.5 Å². The van der Waals surface area contributed by atoms with Crippen molar-refractivity contribution < 1.29 is 18.3 Å². The standard InChI is InChI=1S/C9H10F2O2/c1-6-3-4-7(13-9(10)11)5-8(6)12-2/h3-5,9H,1-2H3. The summed E-state index contributed by atoms with van der Waals surface area (Å²) in [5, 5.41) is 0. The highest BCUT2D eigenvalue weighted by Gasteiger charge is 2.06. The molecule has 0 aliphatic heterocycles. The maximum Gasteiger partial charge on any atom is 0.387 e. The third-order valence-corrected chi connectivity index (χ3v) is 1.60. The summed E-state index contributed by atoms with van der Waals surface area (Å²) in [5.41, 5.74) is 0.879. The molecule has 0 unspecified atom stereocenters. The summed E-state index contributed by atoms with van der Waals surface area (Å²) in [4.78, 5) is 0. The molecule has 0 spiro atoms. The first-order chi connectivity index (χ1) is 6.13. The Morgan fingerprint density at radius 3 is 2.54 bits per heavy atom. The van der Waals surface area contributed by atoms with E-state index in [1.165, 1.54) is 19.2 Å². The summed E-state index contributed by atoms with van der Waals surface area (Å²) < 4.78 is 32.7. The van der Waals surface area contributed by atoms with E-state index in [9.17, 15) is 8.78 Å². The van der Waals surface area contributed by atoms with Crippen LogP contribution in [0, 0.1) is 6.92 Å². The van der Waals surface area contributed by atoms with Crippen LogP contribution in [0.25, 0.3) is 0 Å². The van der Waals surface area contributed by atoms with E-state index in [-0.39, 0.29) is 5.75 Å². The molecule has 0 fully saturated rings. The summed E-state index contributed by atoms with van der Waals surface area (Å²) in [6.45, 7) is -0.974. The molecular weight excluding hydrogens is 178 g/mol. The van der Waals surface area contributed by atoms with Gasteiger partial charge in [-0.15, -0.1) is 0 Å². The van der Waals surface area contributed by atoms with Gasteiger partial charge in [0.1, 0.15) is 11.5 Å². The molecule has 0 radical (unpaired) electrons. The van der Waals surface area contributed by atoms with Gasteiger partial charge >= 0.3 is 6.61 Å². The number of aryl methyl sites for hydroxylation is 1. The molecular formula is C9H10F2O2. The predicted octanol–water partition coefficient (Wildman–Crippen LogP) is 2.61. The van der Waals surface area contributed by atoms with Gasteiger partial charge in [0.25, 0.3) is 0 Å². The first-order valence-corrected chi connectivity index (χ1v) is 3.73. The molecule has 1 rings (SSSR count).